The lowest BCUT2D eigenvalue weighted by Crippen LogP contribution is -2.37. The number of rotatable bonds is 6. The Labute approximate surface area is 151 Å². The zero-order chi connectivity index (χ0) is 18.6. The van der Waals surface area contributed by atoms with Crippen molar-refractivity contribution >= 4 is 37.5 Å². The minimum Gasteiger partial charge on any atom is -0.481 e. The number of sulfonamides is 1. The molecule has 0 saturated heterocycles. The van der Waals surface area contributed by atoms with Gasteiger partial charge >= 0.3 is 5.76 Å². The van der Waals surface area contributed by atoms with E-state index >= 15 is 0 Å². The molecule has 138 valence electrons. The van der Waals surface area contributed by atoms with Gasteiger partial charge in [0.2, 0.25) is 11.8 Å². The molecule has 8 nitrogen and oxygen atoms in total. The van der Waals surface area contributed by atoms with Crippen LogP contribution in [0.3, 0.4) is 0 Å². The molecule has 1 aliphatic heterocycles. The van der Waals surface area contributed by atoms with E-state index in [9.17, 15) is 17.2 Å². The summed E-state index contributed by atoms with van der Waals surface area (Å²) >= 11 is 3.16. The standard InChI is InChI=1S/C13H15BrF2N4O4S/c1-23-10-6-11(24-2)18-20(17-10)7-8-4-3-5-9(14)12(8)19-25(21,22)13(15)16/h3-6,13,17,19H,7H2,1-2H3. The van der Waals surface area contributed by atoms with E-state index in [0.29, 0.717) is 15.9 Å². The molecule has 0 fully saturated rings. The fourth-order valence-corrected chi connectivity index (χ4v) is 3.14. The Balaban J connectivity index is 2.30. The molecule has 0 saturated carbocycles. The number of para-hydroxylation sites is 1. The van der Waals surface area contributed by atoms with Crippen LogP contribution >= 0.6 is 15.9 Å². The Kier molecular flexibility index (Phi) is 6.06. The van der Waals surface area contributed by atoms with E-state index in [2.05, 4.69) is 26.5 Å². The first-order chi connectivity index (χ1) is 11.8. The molecule has 0 radical (unpaired) electrons. The van der Waals surface area contributed by atoms with Crippen molar-refractivity contribution in [2.24, 2.45) is 5.10 Å². The third-order valence-corrected chi connectivity index (χ3v) is 4.66. The van der Waals surface area contributed by atoms with Crippen LogP contribution < -0.4 is 10.1 Å². The number of benzene rings is 1. The van der Waals surface area contributed by atoms with Gasteiger partial charge in [-0.3, -0.25) is 10.1 Å². The van der Waals surface area contributed by atoms with E-state index in [1.807, 2.05) is 4.72 Å². The predicted molar refractivity (Wildman–Crippen MR) is 90.9 cm³/mol. The predicted octanol–water partition coefficient (Wildman–Crippen LogP) is 2.18. The Morgan fingerprint density at radius 1 is 1.36 bits per heavy atom. The molecule has 0 unspecified atom stereocenters. The summed E-state index contributed by atoms with van der Waals surface area (Å²) in [4.78, 5) is 0. The fraction of sp³-hybridized carbons (Fsp3) is 0.308. The lowest BCUT2D eigenvalue weighted by molar-refractivity contribution is 0.127. The Bertz CT molecular complexity index is 801. The van der Waals surface area contributed by atoms with Crippen LogP contribution in [-0.2, 0) is 26.0 Å². The van der Waals surface area contributed by atoms with E-state index in [1.54, 1.807) is 12.1 Å². The number of hydrazone groups is 1. The SMILES string of the molecule is COC1=CC(OC)=NN(Cc2cccc(Br)c2NS(=O)(=O)C(F)F)N1. The molecule has 1 aromatic rings. The van der Waals surface area contributed by atoms with E-state index in [-0.39, 0.29) is 18.1 Å². The number of nitrogens with one attached hydrogen (secondary N) is 2. The first-order valence-electron chi connectivity index (χ1n) is 6.76. The smallest absolute Gasteiger partial charge is 0.355 e. The van der Waals surface area contributed by atoms with E-state index in [1.165, 1.54) is 31.5 Å². The van der Waals surface area contributed by atoms with Crippen molar-refractivity contribution in [3.8, 4) is 0 Å². The van der Waals surface area contributed by atoms with Crippen LogP contribution in [0.25, 0.3) is 0 Å². The van der Waals surface area contributed by atoms with E-state index in [4.69, 9.17) is 9.47 Å². The molecular weight excluding hydrogens is 426 g/mol. The Hall–Kier alpha value is -2.08. The van der Waals surface area contributed by atoms with Gasteiger partial charge in [-0.15, -0.1) is 5.10 Å². The van der Waals surface area contributed by atoms with Gasteiger partial charge in [-0.25, -0.2) is 8.42 Å². The van der Waals surface area contributed by atoms with Gasteiger partial charge in [-0.1, -0.05) is 12.1 Å². The lowest BCUT2D eigenvalue weighted by Gasteiger charge is -2.26. The van der Waals surface area contributed by atoms with Gasteiger partial charge in [0.05, 0.1) is 32.5 Å². The van der Waals surface area contributed by atoms with Crippen LogP contribution in [0.2, 0.25) is 0 Å². The van der Waals surface area contributed by atoms with Crippen molar-refractivity contribution in [2.45, 2.75) is 12.3 Å². The molecule has 1 aromatic carbocycles. The molecule has 0 aliphatic carbocycles. The van der Waals surface area contributed by atoms with Crippen molar-refractivity contribution < 1.29 is 26.7 Å². The highest BCUT2D eigenvalue weighted by Crippen LogP contribution is 2.29. The maximum Gasteiger partial charge on any atom is 0.355 e. The maximum atomic E-state index is 12.7. The van der Waals surface area contributed by atoms with Gasteiger partial charge in [0.1, 0.15) is 0 Å². The van der Waals surface area contributed by atoms with E-state index in [0.717, 1.165) is 0 Å². The first-order valence-corrected chi connectivity index (χ1v) is 9.10. The molecule has 2 N–H and O–H groups in total. The van der Waals surface area contributed by atoms with Crippen LogP contribution in [-0.4, -0.2) is 39.4 Å². The number of alkyl halides is 2. The van der Waals surface area contributed by atoms with Gasteiger partial charge in [-0.05, 0) is 22.0 Å². The molecule has 0 spiro atoms. The zero-order valence-electron chi connectivity index (χ0n) is 13.2. The second-order valence-electron chi connectivity index (χ2n) is 4.71. The molecule has 12 heteroatoms. The topological polar surface area (TPSA) is 92.3 Å². The number of hydrazine groups is 1. The molecule has 0 aromatic heterocycles. The van der Waals surface area contributed by atoms with Gasteiger partial charge in [0.25, 0.3) is 10.0 Å². The molecule has 2 rings (SSSR count). The summed E-state index contributed by atoms with van der Waals surface area (Å²) < 4.78 is 60.7. The fourth-order valence-electron chi connectivity index (χ4n) is 1.89. The second-order valence-corrected chi connectivity index (χ2v) is 7.21. The maximum absolute atomic E-state index is 12.7. The minimum absolute atomic E-state index is 0.00714. The summed E-state index contributed by atoms with van der Waals surface area (Å²) in [6.45, 7) is 0.0358. The molecule has 0 atom stereocenters. The van der Waals surface area contributed by atoms with Gasteiger partial charge < -0.3 is 9.47 Å². The average molecular weight is 441 g/mol. The summed E-state index contributed by atoms with van der Waals surface area (Å²) in [6.07, 6.45) is 1.51. The van der Waals surface area contributed by atoms with Crippen LogP contribution in [0.5, 0.6) is 0 Å². The highest BCUT2D eigenvalue weighted by molar-refractivity contribution is 9.10. The summed E-state index contributed by atoms with van der Waals surface area (Å²) in [5.41, 5.74) is 3.20. The molecule has 1 heterocycles. The number of ether oxygens (including phenoxy) is 2. The lowest BCUT2D eigenvalue weighted by atomic mass is 10.2. The summed E-state index contributed by atoms with van der Waals surface area (Å²) in [7, 11) is -1.95. The van der Waals surface area contributed by atoms with Gasteiger partial charge in [0, 0.05) is 10.0 Å². The average Bonchev–Trinajstić information content (AvgIpc) is 2.57. The molecule has 0 amide bonds. The van der Waals surface area contributed by atoms with Crippen molar-refractivity contribution in [3.63, 3.8) is 0 Å². The van der Waals surface area contributed by atoms with Crippen LogP contribution in [0.4, 0.5) is 14.5 Å². The number of nitrogens with zero attached hydrogens (tertiary/aromatic N) is 2. The Morgan fingerprint density at radius 2 is 2.08 bits per heavy atom. The highest BCUT2D eigenvalue weighted by atomic mass is 79.9. The molecule has 0 bridgehead atoms. The van der Waals surface area contributed by atoms with Crippen LogP contribution in [0.1, 0.15) is 5.56 Å². The van der Waals surface area contributed by atoms with Crippen molar-refractivity contribution in [2.75, 3.05) is 18.9 Å². The summed E-state index contributed by atoms with van der Waals surface area (Å²) in [6, 6.07) is 4.74. The zero-order valence-corrected chi connectivity index (χ0v) is 15.6. The summed E-state index contributed by atoms with van der Waals surface area (Å²) in [5, 5.41) is 5.43. The quantitative estimate of drug-likeness (QED) is 0.704. The number of anilines is 1. The molecular formula is C13H15BrF2N4O4S. The number of hydrogen-bond donors (Lipinski definition) is 2. The van der Waals surface area contributed by atoms with Gasteiger partial charge in [-0.2, -0.15) is 13.9 Å². The third-order valence-electron chi connectivity index (χ3n) is 3.04. The molecule has 1 aliphatic rings. The van der Waals surface area contributed by atoms with Crippen molar-refractivity contribution in [3.05, 3.63) is 40.2 Å². The number of methoxy groups -OCH3 is 2. The minimum atomic E-state index is -4.82. The molecule has 25 heavy (non-hydrogen) atoms. The van der Waals surface area contributed by atoms with Crippen LogP contribution in [0, 0.1) is 0 Å². The highest BCUT2D eigenvalue weighted by Gasteiger charge is 2.26. The first kappa shape index (κ1) is 19.2. The van der Waals surface area contributed by atoms with Crippen LogP contribution in [0.15, 0.2) is 39.7 Å². The number of halogens is 3. The van der Waals surface area contributed by atoms with E-state index < -0.39 is 15.8 Å². The van der Waals surface area contributed by atoms with Gasteiger partial charge in [0.15, 0.2) is 0 Å². The largest absolute Gasteiger partial charge is 0.481 e. The van der Waals surface area contributed by atoms with Crippen molar-refractivity contribution in [1.29, 1.82) is 0 Å². The summed E-state index contributed by atoms with van der Waals surface area (Å²) in [5.74, 6) is -2.96. The number of hydrogen-bond acceptors (Lipinski definition) is 7. The monoisotopic (exact) mass is 440 g/mol. The third kappa shape index (κ3) is 4.72. The normalized spacial score (nSPS) is 14.6. The second kappa shape index (κ2) is 7.87. The van der Waals surface area contributed by atoms with Crippen molar-refractivity contribution in [1.82, 2.24) is 10.5 Å². The Morgan fingerprint density at radius 3 is 2.68 bits per heavy atom.